The average Bonchev–Trinajstić information content (AvgIpc) is 3.44. The summed E-state index contributed by atoms with van der Waals surface area (Å²) in [4.78, 5) is 21.8. The van der Waals surface area contributed by atoms with E-state index in [0.29, 0.717) is 21.8 Å². The molecule has 0 aliphatic heterocycles. The van der Waals surface area contributed by atoms with Crippen molar-refractivity contribution in [1.82, 2.24) is 15.0 Å². The Morgan fingerprint density at radius 3 is 2.39 bits per heavy atom. The summed E-state index contributed by atoms with van der Waals surface area (Å²) in [6, 6.07) is 10.8. The maximum Gasteiger partial charge on any atom is 0.352 e. The maximum absolute atomic E-state index is 12.3. The minimum absolute atomic E-state index is 0.0176. The lowest BCUT2D eigenvalue weighted by Gasteiger charge is -2.14. The van der Waals surface area contributed by atoms with E-state index < -0.39 is 5.97 Å². The predicted octanol–water partition coefficient (Wildman–Crippen LogP) is 6.49. The molecule has 0 fully saturated rings. The standard InChI is InChI=1S/C24H20ClN3O3/c1-11(2)19-21(20-14-6-8-26-17(14)4-3-16(20)25)23(24(30)31)28-22(19)15-9-12(29)10-18-13(15)5-7-27-18/h3-11,26-29H,1-2H3,(H,30,31). The highest BCUT2D eigenvalue weighted by molar-refractivity contribution is 6.35. The first-order valence-electron chi connectivity index (χ1n) is 9.92. The fraction of sp³-hybridized carbons (Fsp3) is 0.125. The number of aromatic nitrogens is 3. The van der Waals surface area contributed by atoms with Crippen LogP contribution < -0.4 is 0 Å². The number of fused-ring (bicyclic) bond motifs is 2. The fourth-order valence-electron chi connectivity index (χ4n) is 4.44. The molecule has 0 amide bonds. The third kappa shape index (κ3) is 2.91. The molecule has 0 saturated heterocycles. The minimum atomic E-state index is -1.07. The van der Waals surface area contributed by atoms with Crippen LogP contribution in [0.4, 0.5) is 0 Å². The molecule has 5 N–H and O–H groups in total. The Labute approximate surface area is 182 Å². The number of carboxylic acids is 1. The van der Waals surface area contributed by atoms with Crippen LogP contribution in [0.2, 0.25) is 5.02 Å². The van der Waals surface area contributed by atoms with E-state index in [9.17, 15) is 15.0 Å². The van der Waals surface area contributed by atoms with Gasteiger partial charge in [-0.1, -0.05) is 25.4 Å². The van der Waals surface area contributed by atoms with Crippen molar-refractivity contribution in [3.05, 3.63) is 65.1 Å². The lowest BCUT2D eigenvalue weighted by molar-refractivity contribution is 0.0692. The number of carbonyl (C=O) groups is 1. The first-order valence-corrected chi connectivity index (χ1v) is 10.3. The number of benzene rings is 2. The smallest absolute Gasteiger partial charge is 0.352 e. The molecule has 5 rings (SSSR count). The van der Waals surface area contributed by atoms with Crippen LogP contribution in [0.1, 0.15) is 35.8 Å². The van der Waals surface area contributed by atoms with E-state index in [4.69, 9.17) is 11.6 Å². The molecule has 0 atom stereocenters. The van der Waals surface area contributed by atoms with E-state index in [2.05, 4.69) is 15.0 Å². The molecule has 3 heterocycles. The molecular weight excluding hydrogens is 414 g/mol. The minimum Gasteiger partial charge on any atom is -0.508 e. The third-order valence-corrected chi connectivity index (χ3v) is 6.00. The van der Waals surface area contributed by atoms with E-state index in [0.717, 1.165) is 32.9 Å². The second-order valence-electron chi connectivity index (χ2n) is 7.92. The van der Waals surface area contributed by atoms with E-state index in [1.54, 1.807) is 24.4 Å². The van der Waals surface area contributed by atoms with Crippen molar-refractivity contribution in [2.75, 3.05) is 0 Å². The van der Waals surface area contributed by atoms with Crippen LogP contribution in [0.15, 0.2) is 48.8 Å². The van der Waals surface area contributed by atoms with Gasteiger partial charge in [-0.2, -0.15) is 0 Å². The van der Waals surface area contributed by atoms with Gasteiger partial charge in [-0.3, -0.25) is 0 Å². The van der Waals surface area contributed by atoms with Crippen LogP contribution in [0.3, 0.4) is 0 Å². The summed E-state index contributed by atoms with van der Waals surface area (Å²) in [6.07, 6.45) is 3.61. The van der Waals surface area contributed by atoms with Crippen molar-refractivity contribution >= 4 is 39.4 Å². The highest BCUT2D eigenvalue weighted by Gasteiger charge is 2.29. The van der Waals surface area contributed by atoms with E-state index in [-0.39, 0.29) is 17.4 Å². The van der Waals surface area contributed by atoms with Crippen LogP contribution in [0.5, 0.6) is 5.75 Å². The molecule has 6 nitrogen and oxygen atoms in total. The van der Waals surface area contributed by atoms with E-state index >= 15 is 0 Å². The van der Waals surface area contributed by atoms with Crippen molar-refractivity contribution in [1.29, 1.82) is 0 Å². The highest BCUT2D eigenvalue weighted by atomic mass is 35.5. The van der Waals surface area contributed by atoms with Crippen molar-refractivity contribution in [3.8, 4) is 28.1 Å². The van der Waals surface area contributed by atoms with Gasteiger partial charge in [-0.25, -0.2) is 4.79 Å². The van der Waals surface area contributed by atoms with Gasteiger partial charge in [0.1, 0.15) is 11.4 Å². The molecule has 2 aromatic carbocycles. The maximum atomic E-state index is 12.3. The van der Waals surface area contributed by atoms with Crippen LogP contribution >= 0.6 is 11.6 Å². The number of aromatic hydroxyl groups is 1. The SMILES string of the molecule is CC(C)c1c(-c2cc(O)cc3[nH]ccc23)[nH]c(C(=O)O)c1-c1c(Cl)ccc2[nH]ccc12. The van der Waals surface area contributed by atoms with Gasteiger partial charge in [0.15, 0.2) is 0 Å². The number of nitrogens with one attached hydrogen (secondary N) is 3. The van der Waals surface area contributed by atoms with Gasteiger partial charge in [0.05, 0.1) is 5.69 Å². The number of phenols is 1. The normalized spacial score (nSPS) is 11.7. The molecule has 5 aromatic rings. The molecule has 156 valence electrons. The van der Waals surface area contributed by atoms with Crippen LogP contribution in [-0.2, 0) is 0 Å². The molecule has 31 heavy (non-hydrogen) atoms. The largest absolute Gasteiger partial charge is 0.508 e. The second kappa shape index (κ2) is 6.96. The molecule has 7 heteroatoms. The number of carboxylic acid groups (broad SMARTS) is 1. The van der Waals surface area contributed by atoms with Gasteiger partial charge in [-0.05, 0) is 41.8 Å². The van der Waals surface area contributed by atoms with Gasteiger partial charge < -0.3 is 25.2 Å². The molecule has 3 aromatic heterocycles. The Morgan fingerprint density at radius 1 is 0.968 bits per heavy atom. The Bertz CT molecular complexity index is 1470. The summed E-state index contributed by atoms with van der Waals surface area (Å²) in [6.45, 7) is 4.04. The van der Waals surface area contributed by atoms with Crippen molar-refractivity contribution in [3.63, 3.8) is 0 Å². The van der Waals surface area contributed by atoms with Gasteiger partial charge in [0, 0.05) is 62.0 Å². The zero-order chi connectivity index (χ0) is 21.9. The van der Waals surface area contributed by atoms with Gasteiger partial charge in [-0.15, -0.1) is 0 Å². The van der Waals surface area contributed by atoms with E-state index in [1.165, 1.54) is 0 Å². The van der Waals surface area contributed by atoms with Gasteiger partial charge in [0.2, 0.25) is 0 Å². The van der Waals surface area contributed by atoms with Gasteiger partial charge in [0.25, 0.3) is 0 Å². The highest BCUT2D eigenvalue weighted by Crippen LogP contribution is 2.46. The predicted molar refractivity (Wildman–Crippen MR) is 123 cm³/mol. The number of aromatic amines is 3. The first-order chi connectivity index (χ1) is 14.9. The Kier molecular flexibility index (Phi) is 4.34. The second-order valence-corrected chi connectivity index (χ2v) is 8.32. The quantitative estimate of drug-likeness (QED) is 0.223. The number of H-pyrrole nitrogens is 3. The number of aromatic carboxylic acids is 1. The molecule has 0 spiro atoms. The third-order valence-electron chi connectivity index (χ3n) is 5.69. The average molecular weight is 434 g/mol. The molecule has 0 radical (unpaired) electrons. The van der Waals surface area contributed by atoms with Crippen LogP contribution in [-0.4, -0.2) is 31.1 Å². The number of rotatable bonds is 4. The van der Waals surface area contributed by atoms with Crippen molar-refractivity contribution < 1.29 is 15.0 Å². The number of phenolic OH excluding ortho intramolecular Hbond substituents is 1. The first kappa shape index (κ1) is 19.3. The topological polar surface area (TPSA) is 105 Å². The molecule has 0 aliphatic rings. The zero-order valence-electron chi connectivity index (χ0n) is 16.9. The fourth-order valence-corrected chi connectivity index (χ4v) is 4.70. The Morgan fingerprint density at radius 2 is 1.68 bits per heavy atom. The van der Waals surface area contributed by atoms with Crippen molar-refractivity contribution in [2.45, 2.75) is 19.8 Å². The summed E-state index contributed by atoms with van der Waals surface area (Å²) >= 11 is 6.64. The molecule has 0 bridgehead atoms. The Hall–Kier alpha value is -3.64. The number of halogens is 1. The molecular formula is C24H20ClN3O3. The van der Waals surface area contributed by atoms with Crippen LogP contribution in [0.25, 0.3) is 44.2 Å². The summed E-state index contributed by atoms with van der Waals surface area (Å²) in [5, 5.41) is 22.6. The van der Waals surface area contributed by atoms with Crippen LogP contribution in [0, 0.1) is 0 Å². The monoisotopic (exact) mass is 433 g/mol. The lowest BCUT2D eigenvalue weighted by Crippen LogP contribution is -2.00. The van der Waals surface area contributed by atoms with Crippen molar-refractivity contribution in [2.24, 2.45) is 0 Å². The van der Waals surface area contributed by atoms with Gasteiger partial charge >= 0.3 is 5.97 Å². The summed E-state index contributed by atoms with van der Waals surface area (Å²) in [5.41, 5.74) is 5.18. The van der Waals surface area contributed by atoms with E-state index in [1.807, 2.05) is 38.2 Å². The molecule has 0 saturated carbocycles. The molecule has 0 aliphatic carbocycles. The lowest BCUT2D eigenvalue weighted by atomic mass is 9.89. The Balaban J connectivity index is 1.94. The summed E-state index contributed by atoms with van der Waals surface area (Å²) < 4.78 is 0. The number of hydrogen-bond acceptors (Lipinski definition) is 2. The molecule has 0 unspecified atom stereocenters. The summed E-state index contributed by atoms with van der Waals surface area (Å²) in [5.74, 6) is -0.994. The number of hydrogen-bond donors (Lipinski definition) is 5. The zero-order valence-corrected chi connectivity index (χ0v) is 17.6. The summed E-state index contributed by atoms with van der Waals surface area (Å²) in [7, 11) is 0.